The highest BCUT2D eigenvalue weighted by Crippen LogP contribution is 2.53. The smallest absolute Gasteiger partial charge is 0.408 e. The van der Waals surface area contributed by atoms with Crippen molar-refractivity contribution >= 4 is 22.0 Å². The Labute approximate surface area is 141 Å². The van der Waals surface area contributed by atoms with Crippen LogP contribution in [0.1, 0.15) is 40.0 Å². The van der Waals surface area contributed by atoms with E-state index in [0.717, 1.165) is 4.90 Å². The van der Waals surface area contributed by atoms with Crippen molar-refractivity contribution in [2.75, 3.05) is 6.67 Å². The van der Waals surface area contributed by atoms with Gasteiger partial charge in [0.05, 0.1) is 0 Å². The zero-order valence-corrected chi connectivity index (χ0v) is 14.8. The molecule has 7 nitrogen and oxygen atoms in total. The Hall–Kier alpha value is -1.64. The van der Waals surface area contributed by atoms with Crippen molar-refractivity contribution in [2.24, 2.45) is 5.92 Å². The fourth-order valence-electron chi connectivity index (χ4n) is 3.16. The van der Waals surface area contributed by atoms with E-state index in [-0.39, 0.29) is 19.3 Å². The van der Waals surface area contributed by atoms with Crippen molar-refractivity contribution in [3.63, 3.8) is 0 Å². The van der Waals surface area contributed by atoms with E-state index in [9.17, 15) is 27.5 Å². The maximum Gasteiger partial charge on any atom is 0.408 e. The van der Waals surface area contributed by atoms with Gasteiger partial charge in [-0.15, -0.1) is 6.58 Å². The summed E-state index contributed by atoms with van der Waals surface area (Å²) in [6, 6.07) is 0. The van der Waals surface area contributed by atoms with Gasteiger partial charge in [-0.25, -0.2) is 17.6 Å². The van der Waals surface area contributed by atoms with E-state index in [2.05, 4.69) is 6.58 Å². The van der Waals surface area contributed by atoms with Crippen LogP contribution in [0.5, 0.6) is 0 Å². The molecule has 2 N–H and O–H groups in total. The number of carbonyl (C=O) groups excluding carboxylic acids is 1. The maximum absolute atomic E-state index is 13.1. The number of nitrogens with zero attached hydrogens (tertiary/aromatic N) is 1. The van der Waals surface area contributed by atoms with E-state index in [1.54, 1.807) is 20.8 Å². The molecule has 2 aliphatic carbocycles. The zero-order valence-electron chi connectivity index (χ0n) is 14.0. The summed E-state index contributed by atoms with van der Waals surface area (Å²) < 4.78 is 38.0. The summed E-state index contributed by atoms with van der Waals surface area (Å²) in [6.45, 7) is 7.37. The third-order valence-electron chi connectivity index (χ3n) is 4.77. The highest BCUT2D eigenvalue weighted by molar-refractivity contribution is 7.91. The van der Waals surface area contributed by atoms with Gasteiger partial charge in [-0.3, -0.25) is 14.4 Å². The molecule has 0 saturated heterocycles. The summed E-state index contributed by atoms with van der Waals surface area (Å²) in [5, 5.41) is 9.57. The minimum absolute atomic E-state index is 0.143. The number of hydrogen-bond donors (Lipinski definition) is 2. The first kappa shape index (κ1) is 18.7. The number of rotatable bonds is 6. The molecular weight excluding hydrogens is 339 g/mol. The first-order chi connectivity index (χ1) is 10.9. The Morgan fingerprint density at radius 1 is 1.42 bits per heavy atom. The average molecular weight is 362 g/mol. The first-order valence-corrected chi connectivity index (χ1v) is 9.15. The predicted octanol–water partition coefficient (Wildman–Crippen LogP) is 1.66. The van der Waals surface area contributed by atoms with E-state index >= 15 is 0 Å². The Balaban J connectivity index is 2.36. The summed E-state index contributed by atoms with van der Waals surface area (Å²) in [5.41, 5.74) is -2.46. The number of carbonyl (C=O) groups is 2. The average Bonchev–Trinajstić information content (AvgIpc) is 3.30. The number of amides is 2. The third-order valence-corrected chi connectivity index (χ3v) is 6.88. The van der Waals surface area contributed by atoms with E-state index in [1.165, 1.54) is 6.08 Å². The number of carboxylic acid groups (broad SMARTS) is 1. The van der Waals surface area contributed by atoms with Crippen LogP contribution >= 0.6 is 0 Å². The number of nitrogens with one attached hydrogen (secondary N) is 1. The lowest BCUT2D eigenvalue weighted by Crippen LogP contribution is -2.61. The Kier molecular flexibility index (Phi) is 4.23. The van der Waals surface area contributed by atoms with E-state index < -0.39 is 50.4 Å². The fourth-order valence-corrected chi connectivity index (χ4v) is 4.58. The monoisotopic (exact) mass is 362 g/mol. The highest BCUT2D eigenvalue weighted by Gasteiger charge is 2.68. The molecule has 2 amide bonds. The summed E-state index contributed by atoms with van der Waals surface area (Å²) >= 11 is 0. The van der Waals surface area contributed by atoms with Crippen LogP contribution in [0.25, 0.3) is 0 Å². The van der Waals surface area contributed by atoms with Gasteiger partial charge >= 0.3 is 6.09 Å². The fraction of sp³-hybridized carbons (Fsp3) is 0.733. The predicted molar refractivity (Wildman–Crippen MR) is 85.7 cm³/mol. The molecule has 0 aromatic rings. The minimum Gasteiger partial charge on any atom is -0.465 e. The van der Waals surface area contributed by atoms with Crippen LogP contribution in [0.4, 0.5) is 9.18 Å². The molecule has 2 fully saturated rings. The molecule has 2 aliphatic rings. The molecule has 0 bridgehead atoms. The highest BCUT2D eigenvalue weighted by atomic mass is 32.2. The number of sulfonamides is 1. The molecule has 0 aliphatic heterocycles. The molecule has 0 radical (unpaired) electrons. The van der Waals surface area contributed by atoms with Crippen LogP contribution in [0, 0.1) is 5.92 Å². The Morgan fingerprint density at radius 3 is 2.25 bits per heavy atom. The summed E-state index contributed by atoms with van der Waals surface area (Å²) in [7, 11) is -4.21. The minimum atomic E-state index is -4.21. The lowest BCUT2D eigenvalue weighted by atomic mass is 10.00. The van der Waals surface area contributed by atoms with Crippen LogP contribution in [0.2, 0.25) is 0 Å². The van der Waals surface area contributed by atoms with Gasteiger partial charge in [0.1, 0.15) is 17.0 Å². The van der Waals surface area contributed by atoms with Gasteiger partial charge in [-0.05, 0) is 40.0 Å². The standard InChI is InChI=1S/C15H23FN2O5S/c1-5-10-8-15(10,18(12(20)21)13(2,3)4)11(19)17-24(22,23)14(9-16)6-7-14/h5,10H,1,6-9H2,2-4H3,(H,17,19)(H,20,21)/t10-,15-/m1/s1. The molecule has 0 aromatic heterocycles. The number of alkyl halides is 1. The Bertz CT molecular complexity index is 680. The lowest BCUT2D eigenvalue weighted by molar-refractivity contribution is -0.128. The van der Waals surface area contributed by atoms with Crippen LogP contribution < -0.4 is 4.72 Å². The van der Waals surface area contributed by atoms with Gasteiger partial charge in [0, 0.05) is 11.5 Å². The van der Waals surface area contributed by atoms with Crippen molar-refractivity contribution in [3.05, 3.63) is 12.7 Å². The van der Waals surface area contributed by atoms with Crippen molar-refractivity contribution < 1.29 is 27.5 Å². The SMILES string of the molecule is C=C[C@@H]1C[C@@]1(C(=O)NS(=O)(=O)C1(CF)CC1)N(C(=O)O)C(C)(C)C. The van der Waals surface area contributed by atoms with Crippen LogP contribution in [0.3, 0.4) is 0 Å². The zero-order chi connectivity index (χ0) is 18.6. The molecule has 0 spiro atoms. The lowest BCUT2D eigenvalue weighted by Gasteiger charge is -2.40. The van der Waals surface area contributed by atoms with Gasteiger partial charge in [0.2, 0.25) is 10.0 Å². The Morgan fingerprint density at radius 2 is 1.96 bits per heavy atom. The topological polar surface area (TPSA) is 104 Å². The largest absolute Gasteiger partial charge is 0.465 e. The second kappa shape index (κ2) is 5.44. The third kappa shape index (κ3) is 2.68. The molecule has 2 atom stereocenters. The second-order valence-electron chi connectivity index (χ2n) is 7.51. The van der Waals surface area contributed by atoms with Gasteiger partial charge in [0.15, 0.2) is 0 Å². The van der Waals surface area contributed by atoms with Crippen LogP contribution in [0.15, 0.2) is 12.7 Å². The number of hydrogen-bond acceptors (Lipinski definition) is 4. The van der Waals surface area contributed by atoms with E-state index in [1.807, 2.05) is 4.72 Å². The second-order valence-corrected chi connectivity index (χ2v) is 9.59. The summed E-state index contributed by atoms with van der Waals surface area (Å²) in [5.74, 6) is -1.44. The molecular formula is C15H23FN2O5S. The van der Waals surface area contributed by atoms with Crippen LogP contribution in [-0.4, -0.2) is 52.9 Å². The quantitative estimate of drug-likeness (QED) is 0.699. The molecule has 0 heterocycles. The molecule has 136 valence electrons. The molecule has 24 heavy (non-hydrogen) atoms. The van der Waals surface area contributed by atoms with Gasteiger partial charge in [-0.1, -0.05) is 6.08 Å². The van der Waals surface area contributed by atoms with E-state index in [0.29, 0.717) is 0 Å². The van der Waals surface area contributed by atoms with Crippen LogP contribution in [-0.2, 0) is 14.8 Å². The van der Waals surface area contributed by atoms with E-state index in [4.69, 9.17) is 0 Å². The summed E-state index contributed by atoms with van der Waals surface area (Å²) in [4.78, 5) is 25.4. The van der Waals surface area contributed by atoms with Crippen molar-refractivity contribution in [3.8, 4) is 0 Å². The van der Waals surface area contributed by atoms with Gasteiger partial charge < -0.3 is 5.11 Å². The molecule has 0 aromatic carbocycles. The van der Waals surface area contributed by atoms with Gasteiger partial charge in [0.25, 0.3) is 5.91 Å². The number of halogens is 1. The first-order valence-electron chi connectivity index (χ1n) is 7.66. The maximum atomic E-state index is 13.1. The van der Waals surface area contributed by atoms with Crippen molar-refractivity contribution in [2.45, 2.75) is 55.9 Å². The molecule has 9 heteroatoms. The van der Waals surface area contributed by atoms with Crippen molar-refractivity contribution in [1.29, 1.82) is 0 Å². The van der Waals surface area contributed by atoms with Crippen molar-refractivity contribution in [1.82, 2.24) is 9.62 Å². The molecule has 0 unspecified atom stereocenters. The normalized spacial score (nSPS) is 27.9. The van der Waals surface area contributed by atoms with Gasteiger partial charge in [-0.2, -0.15) is 0 Å². The summed E-state index contributed by atoms with van der Waals surface area (Å²) in [6.07, 6.45) is 0.545. The molecule has 2 rings (SSSR count). The molecule has 2 saturated carbocycles.